The summed E-state index contributed by atoms with van der Waals surface area (Å²) in [4.78, 5) is 6.42. The molecule has 1 aromatic carbocycles. The zero-order chi connectivity index (χ0) is 28.7. The second kappa shape index (κ2) is 29.6. The van der Waals surface area contributed by atoms with Gasteiger partial charge >= 0.3 is 169 Å². The third kappa shape index (κ3) is 26.6. The van der Waals surface area contributed by atoms with Gasteiger partial charge in [-0.15, -0.1) is 0 Å². The summed E-state index contributed by atoms with van der Waals surface area (Å²) in [5, 5.41) is 0. The minimum Gasteiger partial charge on any atom is -0.497 e. The quantitative estimate of drug-likeness (QED) is 0.114. The molecule has 0 saturated heterocycles. The van der Waals surface area contributed by atoms with E-state index in [-0.39, 0.29) is 0 Å². The number of rotatable bonds is 22. The Labute approximate surface area is 245 Å². The fourth-order valence-corrected chi connectivity index (χ4v) is 9.20. The number of imidazole rings is 1. The van der Waals surface area contributed by atoms with E-state index in [9.17, 15) is 0 Å². The molecule has 1 N–H and O–H groups in total. The number of nitrogens with one attached hydrogen (secondary N) is 1. The third-order valence-corrected chi connectivity index (χ3v) is 12.5. The molecule has 0 unspecified atom stereocenters. The first-order chi connectivity index (χ1) is 19.1. The number of hydrogen-bond acceptors (Lipinski definition) is 2. The van der Waals surface area contributed by atoms with E-state index in [4.69, 9.17) is 4.74 Å². The summed E-state index contributed by atoms with van der Waals surface area (Å²) in [6, 6.07) is 9.68. The second-order valence-electron chi connectivity index (χ2n) is 11.6. The molecule has 0 fully saturated rings. The fraction of sp³-hybridized carbons (Fsp3) is 0.743. The molecular weight excluding hydrogens is 495 g/mol. The van der Waals surface area contributed by atoms with Crippen molar-refractivity contribution >= 4 is 7.26 Å². The van der Waals surface area contributed by atoms with Crippen molar-refractivity contribution in [3.8, 4) is 5.75 Å². The van der Waals surface area contributed by atoms with Gasteiger partial charge in [0, 0.05) is 12.4 Å². The smallest absolute Gasteiger partial charge is 0.118 e. The maximum Gasteiger partial charge on any atom is 0.118 e. The van der Waals surface area contributed by atoms with Gasteiger partial charge in [0.1, 0.15) is 5.75 Å². The number of nitrogens with zero attached hydrogens (tertiary/aromatic N) is 1. The molecule has 0 aliphatic carbocycles. The van der Waals surface area contributed by atoms with Crippen LogP contribution >= 0.6 is 7.26 Å². The summed E-state index contributed by atoms with van der Waals surface area (Å²) < 4.78 is 4.91. The topological polar surface area (TPSA) is 37.9 Å². The van der Waals surface area contributed by atoms with Crippen LogP contribution in [-0.4, -0.2) is 42.2 Å². The maximum atomic E-state index is 4.91. The second-order valence-corrected chi connectivity index (χ2v) is 16.8. The predicted molar refractivity (Wildman–Crippen MR) is 181 cm³/mol. The SMILES string of the molecule is CCCCCCCC[PH](C)(CCCCCCCC)CCCCCCCC.COc1ccccc1.c1c[nH]cn1. The monoisotopic (exact) mass is 562 g/mol. The van der Waals surface area contributed by atoms with Crippen LogP contribution in [0, 0.1) is 0 Å². The normalized spacial score (nSPS) is 11.2. The molecule has 228 valence electrons. The minimum absolute atomic E-state index is 0.910. The van der Waals surface area contributed by atoms with Crippen molar-refractivity contribution in [1.29, 1.82) is 0 Å². The van der Waals surface area contributed by atoms with Gasteiger partial charge in [-0.3, -0.25) is 0 Å². The van der Waals surface area contributed by atoms with E-state index in [1.807, 2.05) is 30.3 Å². The van der Waals surface area contributed by atoms with Gasteiger partial charge in [0.05, 0.1) is 13.4 Å². The first kappa shape index (κ1) is 37.7. The van der Waals surface area contributed by atoms with Crippen LogP contribution in [0.4, 0.5) is 0 Å². The van der Waals surface area contributed by atoms with Gasteiger partial charge in [-0.1, -0.05) is 18.2 Å². The Balaban J connectivity index is 0.000000885. The van der Waals surface area contributed by atoms with Crippen molar-refractivity contribution in [1.82, 2.24) is 9.97 Å². The number of H-pyrrole nitrogens is 1. The number of benzene rings is 1. The summed E-state index contributed by atoms with van der Waals surface area (Å²) in [7, 11) is 0.707. The molecule has 4 heteroatoms. The van der Waals surface area contributed by atoms with E-state index in [0.29, 0.717) is 0 Å². The molecule has 2 rings (SSSR count). The number of unbranched alkanes of at least 4 members (excludes halogenated alkanes) is 15. The Morgan fingerprint density at radius 3 is 1.31 bits per heavy atom. The molecule has 0 amide bonds. The predicted octanol–water partition coefficient (Wildman–Crippen LogP) is 11.6. The molecule has 3 nitrogen and oxygen atoms in total. The maximum absolute atomic E-state index is 4.91. The molecule has 0 spiro atoms. The molecule has 0 aliphatic rings. The zero-order valence-corrected chi connectivity index (χ0v) is 27.8. The first-order valence-corrected chi connectivity index (χ1v) is 19.8. The van der Waals surface area contributed by atoms with Crippen molar-refractivity contribution in [2.45, 2.75) is 136 Å². The average molecular weight is 563 g/mol. The third-order valence-electron chi connectivity index (χ3n) is 7.79. The standard InChI is InChI=1S/C25H55P.C7H8O.C3H4N2/c1-5-8-11-14-17-20-23-26(4,24-21-18-15-12-9-6-2)25-22-19-16-13-10-7-3;1-8-7-5-3-2-4-6-7;1-2-5-3-4-1/h26H,5-25H2,1-4H3;2-6H,1H3;1-3H,(H,4,5). The number of para-hydroxylation sites is 1. The van der Waals surface area contributed by atoms with E-state index in [1.54, 1.807) is 44.3 Å². The number of aromatic amines is 1. The largest absolute Gasteiger partial charge is 0.497 e. The van der Waals surface area contributed by atoms with E-state index in [0.717, 1.165) is 5.75 Å². The van der Waals surface area contributed by atoms with E-state index in [1.165, 1.54) is 116 Å². The molecule has 39 heavy (non-hydrogen) atoms. The van der Waals surface area contributed by atoms with Crippen LogP contribution in [0.15, 0.2) is 49.1 Å². The number of ether oxygens (including phenoxy) is 1. The van der Waals surface area contributed by atoms with Gasteiger partial charge < -0.3 is 9.72 Å². The summed E-state index contributed by atoms with van der Waals surface area (Å²) in [5.41, 5.74) is 0. The Morgan fingerprint density at radius 1 is 0.615 bits per heavy atom. The molecule has 1 heterocycles. The summed E-state index contributed by atoms with van der Waals surface area (Å²) in [5.74, 6) is 0.910. The van der Waals surface area contributed by atoms with Gasteiger partial charge in [-0.05, 0) is 12.1 Å². The van der Waals surface area contributed by atoms with Crippen LogP contribution in [-0.2, 0) is 0 Å². The Bertz CT molecular complexity index is 619. The van der Waals surface area contributed by atoms with Crippen molar-refractivity contribution in [3.63, 3.8) is 0 Å². The molecule has 0 bridgehead atoms. The van der Waals surface area contributed by atoms with E-state index in [2.05, 4.69) is 37.4 Å². The van der Waals surface area contributed by atoms with Gasteiger partial charge in [0.2, 0.25) is 0 Å². The molecule has 1 aromatic heterocycles. The fourth-order valence-electron chi connectivity index (χ4n) is 5.14. The van der Waals surface area contributed by atoms with Crippen LogP contribution in [0.25, 0.3) is 0 Å². The van der Waals surface area contributed by atoms with Crippen molar-refractivity contribution < 1.29 is 4.74 Å². The number of hydrogen-bond donors (Lipinski definition) is 1. The van der Waals surface area contributed by atoms with Crippen LogP contribution < -0.4 is 4.74 Å². The van der Waals surface area contributed by atoms with Crippen LogP contribution in [0.5, 0.6) is 5.75 Å². The van der Waals surface area contributed by atoms with E-state index < -0.39 is 7.26 Å². The first-order valence-electron chi connectivity index (χ1n) is 16.6. The van der Waals surface area contributed by atoms with Crippen LogP contribution in [0.2, 0.25) is 0 Å². The van der Waals surface area contributed by atoms with Gasteiger partial charge in [0.15, 0.2) is 0 Å². The van der Waals surface area contributed by atoms with Crippen molar-refractivity contribution in [2.24, 2.45) is 0 Å². The van der Waals surface area contributed by atoms with Crippen LogP contribution in [0.1, 0.15) is 136 Å². The summed E-state index contributed by atoms with van der Waals surface area (Å²) in [6.07, 6.45) is 36.5. The molecule has 0 radical (unpaired) electrons. The Kier molecular flexibility index (Phi) is 28.6. The minimum atomic E-state index is -0.955. The Morgan fingerprint density at radius 2 is 1.03 bits per heavy atom. The van der Waals surface area contributed by atoms with Gasteiger partial charge in [-0.2, -0.15) is 0 Å². The van der Waals surface area contributed by atoms with E-state index >= 15 is 0 Å². The number of methoxy groups -OCH3 is 1. The molecule has 0 aliphatic heterocycles. The van der Waals surface area contributed by atoms with Gasteiger partial charge in [-0.25, -0.2) is 4.98 Å². The van der Waals surface area contributed by atoms with Crippen molar-refractivity contribution in [2.75, 3.05) is 32.3 Å². The Hall–Kier alpha value is -1.34. The summed E-state index contributed by atoms with van der Waals surface area (Å²) in [6.45, 7) is 9.73. The average Bonchev–Trinajstić information content (AvgIpc) is 3.56. The number of aromatic nitrogens is 2. The molecular formula is C35H67N2OP. The van der Waals surface area contributed by atoms with Gasteiger partial charge in [0.25, 0.3) is 0 Å². The van der Waals surface area contributed by atoms with Crippen molar-refractivity contribution in [3.05, 3.63) is 49.1 Å². The van der Waals surface area contributed by atoms with Crippen LogP contribution in [0.3, 0.4) is 0 Å². The zero-order valence-electron chi connectivity index (χ0n) is 26.8. The summed E-state index contributed by atoms with van der Waals surface area (Å²) >= 11 is 0. The molecule has 0 atom stereocenters. The molecule has 0 saturated carbocycles. The molecule has 2 aromatic rings.